The van der Waals surface area contributed by atoms with Gasteiger partial charge in [-0.05, 0) is 6.42 Å². The summed E-state index contributed by atoms with van der Waals surface area (Å²) in [6, 6.07) is 12.0. The number of unbranched alkanes of at least 4 members (excludes halogenated alkanes) is 8. The van der Waals surface area contributed by atoms with E-state index in [2.05, 4.69) is 6.92 Å². The van der Waals surface area contributed by atoms with Crippen molar-refractivity contribution in [3.63, 3.8) is 0 Å². The van der Waals surface area contributed by atoms with Crippen LogP contribution in [0.3, 0.4) is 0 Å². The van der Waals surface area contributed by atoms with E-state index in [9.17, 15) is 4.79 Å². The van der Waals surface area contributed by atoms with Crippen LogP contribution >= 0.6 is 0 Å². The van der Waals surface area contributed by atoms with Crippen LogP contribution in [-0.4, -0.2) is 11.1 Å². The molecule has 0 atom stereocenters. The largest absolute Gasteiger partial charge is 0.481 e. The first kappa shape index (κ1) is 18.7. The Morgan fingerprint density at radius 1 is 0.700 bits per heavy atom. The molecule has 2 heteroatoms. The van der Waals surface area contributed by atoms with Gasteiger partial charge >= 0.3 is 5.97 Å². The molecule has 0 unspecified atom stereocenters. The van der Waals surface area contributed by atoms with Crippen molar-refractivity contribution in [1.29, 1.82) is 0 Å². The molecule has 0 aliphatic carbocycles. The minimum absolute atomic E-state index is 0.343. The minimum Gasteiger partial charge on any atom is -0.481 e. The summed E-state index contributed by atoms with van der Waals surface area (Å²) in [5.74, 6) is -0.659. The van der Waals surface area contributed by atoms with Crippen molar-refractivity contribution < 1.29 is 9.90 Å². The number of hydrogen-bond donors (Lipinski definition) is 1. The van der Waals surface area contributed by atoms with E-state index in [0.717, 1.165) is 12.8 Å². The van der Waals surface area contributed by atoms with E-state index in [-0.39, 0.29) is 0 Å². The maximum Gasteiger partial charge on any atom is 0.303 e. The highest BCUT2D eigenvalue weighted by molar-refractivity contribution is 5.66. The van der Waals surface area contributed by atoms with E-state index in [1.54, 1.807) is 0 Å². The summed E-state index contributed by atoms with van der Waals surface area (Å²) in [4.78, 5) is 10.2. The normalized spacial score (nSPS) is 9.65. The molecule has 0 radical (unpaired) electrons. The molecular weight excluding hydrogens is 248 g/mol. The molecule has 114 valence electrons. The van der Waals surface area contributed by atoms with E-state index >= 15 is 0 Å². The average Bonchev–Trinajstić information content (AvgIpc) is 2.48. The average molecular weight is 278 g/mol. The van der Waals surface area contributed by atoms with E-state index in [4.69, 9.17) is 5.11 Å². The number of carboxylic acids is 1. The monoisotopic (exact) mass is 278 g/mol. The smallest absolute Gasteiger partial charge is 0.303 e. The molecule has 0 fully saturated rings. The molecule has 2 nitrogen and oxygen atoms in total. The highest BCUT2D eigenvalue weighted by Gasteiger charge is 1.96. The van der Waals surface area contributed by atoms with Gasteiger partial charge in [-0.3, -0.25) is 4.79 Å². The maximum absolute atomic E-state index is 10.2. The Bertz CT molecular complexity index is 269. The minimum atomic E-state index is -0.659. The van der Waals surface area contributed by atoms with Crippen molar-refractivity contribution in [1.82, 2.24) is 0 Å². The van der Waals surface area contributed by atoms with Gasteiger partial charge in [-0.1, -0.05) is 94.7 Å². The first-order chi connectivity index (χ1) is 9.77. The van der Waals surface area contributed by atoms with Gasteiger partial charge in [0.05, 0.1) is 0 Å². The number of aliphatic carboxylic acids is 1. The van der Waals surface area contributed by atoms with Crippen molar-refractivity contribution in [3.8, 4) is 0 Å². The SMILES string of the molecule is CCCCCCCCCCCC(=O)O.c1ccccc1. The Kier molecular flexibility index (Phi) is 14.7. The van der Waals surface area contributed by atoms with Gasteiger partial charge in [0.25, 0.3) is 0 Å². The van der Waals surface area contributed by atoms with Crippen molar-refractivity contribution in [3.05, 3.63) is 36.4 Å². The third-order valence-corrected chi connectivity index (χ3v) is 3.16. The zero-order valence-corrected chi connectivity index (χ0v) is 12.9. The highest BCUT2D eigenvalue weighted by Crippen LogP contribution is 2.10. The molecule has 1 aromatic rings. The van der Waals surface area contributed by atoms with Gasteiger partial charge in [-0.2, -0.15) is 0 Å². The molecule has 0 saturated carbocycles. The lowest BCUT2D eigenvalue weighted by Gasteiger charge is -2.00. The fourth-order valence-corrected chi connectivity index (χ4v) is 1.97. The predicted octanol–water partition coefficient (Wildman–Crippen LogP) is 5.68. The second-order valence-electron chi connectivity index (χ2n) is 5.13. The standard InChI is InChI=1S/C12H24O2.C6H6/c1-2-3-4-5-6-7-8-9-10-11-12(13)14;1-2-4-6-5-3-1/h2-11H2,1H3,(H,13,14);1-6H. The maximum atomic E-state index is 10.2. The molecule has 0 bridgehead atoms. The highest BCUT2D eigenvalue weighted by atomic mass is 16.4. The topological polar surface area (TPSA) is 37.3 Å². The molecule has 0 heterocycles. The Balaban J connectivity index is 0.000000493. The first-order valence-corrected chi connectivity index (χ1v) is 7.99. The quantitative estimate of drug-likeness (QED) is 0.559. The van der Waals surface area contributed by atoms with Crippen LogP contribution in [0.1, 0.15) is 71.1 Å². The molecule has 1 aromatic carbocycles. The Morgan fingerprint density at radius 2 is 1.05 bits per heavy atom. The van der Waals surface area contributed by atoms with Gasteiger partial charge in [0.1, 0.15) is 0 Å². The lowest BCUT2D eigenvalue weighted by molar-refractivity contribution is -0.137. The van der Waals surface area contributed by atoms with E-state index in [1.165, 1.54) is 44.9 Å². The molecule has 0 aliphatic heterocycles. The Hall–Kier alpha value is -1.31. The van der Waals surface area contributed by atoms with E-state index in [1.807, 2.05) is 36.4 Å². The summed E-state index contributed by atoms with van der Waals surface area (Å²) in [5, 5.41) is 8.41. The molecule has 0 spiro atoms. The number of carboxylic acid groups (broad SMARTS) is 1. The number of hydrogen-bond acceptors (Lipinski definition) is 1. The van der Waals surface area contributed by atoms with Crippen molar-refractivity contribution in [2.24, 2.45) is 0 Å². The van der Waals surface area contributed by atoms with Crippen LogP contribution in [0.15, 0.2) is 36.4 Å². The van der Waals surface area contributed by atoms with Gasteiger partial charge in [-0.25, -0.2) is 0 Å². The number of benzene rings is 1. The molecule has 0 aliphatic rings. The van der Waals surface area contributed by atoms with Gasteiger partial charge < -0.3 is 5.11 Å². The van der Waals surface area contributed by atoms with Crippen LogP contribution in [0.4, 0.5) is 0 Å². The van der Waals surface area contributed by atoms with Crippen LogP contribution in [0.2, 0.25) is 0 Å². The predicted molar refractivity (Wildman–Crippen MR) is 85.9 cm³/mol. The molecule has 20 heavy (non-hydrogen) atoms. The number of carbonyl (C=O) groups is 1. The Labute approximate surface area is 124 Å². The summed E-state index contributed by atoms with van der Waals surface area (Å²) >= 11 is 0. The lowest BCUT2D eigenvalue weighted by Crippen LogP contribution is -1.93. The van der Waals surface area contributed by atoms with Gasteiger partial charge in [0.2, 0.25) is 0 Å². The van der Waals surface area contributed by atoms with Crippen molar-refractivity contribution in [2.45, 2.75) is 71.1 Å². The summed E-state index contributed by atoms with van der Waals surface area (Å²) in [5.41, 5.74) is 0. The van der Waals surface area contributed by atoms with Gasteiger partial charge in [0, 0.05) is 6.42 Å². The first-order valence-electron chi connectivity index (χ1n) is 7.99. The zero-order chi connectivity index (χ0) is 14.9. The van der Waals surface area contributed by atoms with Gasteiger partial charge in [-0.15, -0.1) is 0 Å². The summed E-state index contributed by atoms with van der Waals surface area (Å²) in [6.45, 7) is 2.23. The van der Waals surface area contributed by atoms with Crippen LogP contribution in [0.25, 0.3) is 0 Å². The summed E-state index contributed by atoms with van der Waals surface area (Å²) < 4.78 is 0. The van der Waals surface area contributed by atoms with Crippen molar-refractivity contribution >= 4 is 5.97 Å². The molecule has 1 N–H and O–H groups in total. The van der Waals surface area contributed by atoms with Gasteiger partial charge in [0.15, 0.2) is 0 Å². The second-order valence-corrected chi connectivity index (χ2v) is 5.13. The van der Waals surface area contributed by atoms with Crippen LogP contribution in [0, 0.1) is 0 Å². The second kappa shape index (κ2) is 15.7. The van der Waals surface area contributed by atoms with E-state index < -0.39 is 5.97 Å². The van der Waals surface area contributed by atoms with E-state index in [0.29, 0.717) is 6.42 Å². The Morgan fingerprint density at radius 3 is 1.40 bits per heavy atom. The molecule has 0 aromatic heterocycles. The number of rotatable bonds is 10. The third kappa shape index (κ3) is 16.7. The molecule has 0 amide bonds. The summed E-state index contributed by atoms with van der Waals surface area (Å²) in [7, 11) is 0. The van der Waals surface area contributed by atoms with Crippen LogP contribution in [0.5, 0.6) is 0 Å². The molecular formula is C18H30O2. The van der Waals surface area contributed by atoms with Crippen LogP contribution in [-0.2, 0) is 4.79 Å². The molecule has 0 saturated heterocycles. The van der Waals surface area contributed by atoms with Crippen molar-refractivity contribution in [2.75, 3.05) is 0 Å². The van der Waals surface area contributed by atoms with Crippen LogP contribution < -0.4 is 0 Å². The molecule has 1 rings (SSSR count). The fraction of sp³-hybridized carbons (Fsp3) is 0.611. The third-order valence-electron chi connectivity index (χ3n) is 3.16. The zero-order valence-electron chi connectivity index (χ0n) is 12.9. The summed E-state index contributed by atoms with van der Waals surface area (Å²) in [6.07, 6.45) is 11.5. The lowest BCUT2D eigenvalue weighted by atomic mass is 10.1. The fourth-order valence-electron chi connectivity index (χ4n) is 1.97.